The van der Waals surface area contributed by atoms with Gasteiger partial charge in [-0.15, -0.1) is 0 Å². The lowest BCUT2D eigenvalue weighted by Gasteiger charge is -2.27. The number of nitrogens with zero attached hydrogens (tertiary/aromatic N) is 1. The van der Waals surface area contributed by atoms with Gasteiger partial charge in [-0.25, -0.2) is 4.79 Å². The first-order valence-electron chi connectivity index (χ1n) is 6.72. The second kappa shape index (κ2) is 6.31. The van der Waals surface area contributed by atoms with E-state index in [2.05, 4.69) is 6.92 Å². The quantitative estimate of drug-likeness (QED) is 0.910. The van der Waals surface area contributed by atoms with Gasteiger partial charge in [0.2, 0.25) is 0 Å². The third kappa shape index (κ3) is 3.33. The fourth-order valence-electron chi connectivity index (χ4n) is 2.39. The molecule has 0 aliphatic carbocycles. The van der Waals surface area contributed by atoms with Gasteiger partial charge >= 0.3 is 5.97 Å². The van der Waals surface area contributed by atoms with E-state index in [0.717, 1.165) is 30.0 Å². The SMILES string of the molecule is Cc1cc(C(=O)O)cc(C(=O)N2CCSCCC2C)c1. The van der Waals surface area contributed by atoms with Crippen LogP contribution in [0.3, 0.4) is 0 Å². The van der Waals surface area contributed by atoms with E-state index in [9.17, 15) is 9.59 Å². The third-order valence-electron chi connectivity index (χ3n) is 3.52. The lowest BCUT2D eigenvalue weighted by atomic mass is 10.0. The highest BCUT2D eigenvalue weighted by Gasteiger charge is 2.24. The standard InChI is InChI=1S/C15H19NO3S/c1-10-7-12(9-13(8-10)15(18)19)14(17)16-4-6-20-5-3-11(16)2/h7-9,11H,3-6H2,1-2H3,(H,18,19). The van der Waals surface area contributed by atoms with Gasteiger partial charge in [0.05, 0.1) is 5.56 Å². The Morgan fingerprint density at radius 3 is 2.65 bits per heavy atom. The van der Waals surface area contributed by atoms with Crippen LogP contribution in [0.25, 0.3) is 0 Å². The summed E-state index contributed by atoms with van der Waals surface area (Å²) in [6.45, 7) is 4.59. The number of thioether (sulfide) groups is 1. The fourth-order valence-corrected chi connectivity index (χ4v) is 3.43. The molecule has 20 heavy (non-hydrogen) atoms. The highest BCUT2D eigenvalue weighted by molar-refractivity contribution is 7.99. The van der Waals surface area contributed by atoms with Gasteiger partial charge < -0.3 is 10.0 Å². The first-order valence-corrected chi connectivity index (χ1v) is 7.88. The molecule has 1 heterocycles. The van der Waals surface area contributed by atoms with Gasteiger partial charge in [-0.05, 0) is 49.8 Å². The number of carbonyl (C=O) groups is 2. The average Bonchev–Trinajstić information content (AvgIpc) is 2.62. The molecule has 0 bridgehead atoms. The van der Waals surface area contributed by atoms with Crippen molar-refractivity contribution in [1.82, 2.24) is 4.90 Å². The van der Waals surface area contributed by atoms with Crippen LogP contribution in [0.4, 0.5) is 0 Å². The van der Waals surface area contributed by atoms with Crippen LogP contribution in [0.15, 0.2) is 18.2 Å². The molecule has 1 atom stereocenters. The molecule has 0 radical (unpaired) electrons. The minimum atomic E-state index is -0.998. The Bertz CT molecular complexity index is 530. The van der Waals surface area contributed by atoms with E-state index >= 15 is 0 Å². The summed E-state index contributed by atoms with van der Waals surface area (Å²) < 4.78 is 0. The largest absolute Gasteiger partial charge is 0.478 e. The van der Waals surface area contributed by atoms with Crippen molar-refractivity contribution < 1.29 is 14.7 Å². The summed E-state index contributed by atoms with van der Waals surface area (Å²) in [5.41, 5.74) is 1.44. The minimum absolute atomic E-state index is 0.0637. The summed E-state index contributed by atoms with van der Waals surface area (Å²) in [5.74, 6) is 0.945. The van der Waals surface area contributed by atoms with E-state index in [0.29, 0.717) is 5.56 Å². The molecule has 0 saturated carbocycles. The lowest BCUT2D eigenvalue weighted by molar-refractivity contribution is 0.0696. The van der Waals surface area contributed by atoms with Crippen molar-refractivity contribution >= 4 is 23.6 Å². The maximum Gasteiger partial charge on any atom is 0.335 e. The summed E-state index contributed by atoms with van der Waals surface area (Å²) >= 11 is 1.86. The normalized spacial score (nSPS) is 19.5. The number of benzene rings is 1. The molecule has 1 aromatic rings. The van der Waals surface area contributed by atoms with E-state index in [1.54, 1.807) is 12.1 Å². The highest BCUT2D eigenvalue weighted by atomic mass is 32.2. The van der Waals surface area contributed by atoms with Crippen molar-refractivity contribution in [3.8, 4) is 0 Å². The molecule has 1 unspecified atom stereocenters. The number of hydrogen-bond donors (Lipinski definition) is 1. The van der Waals surface area contributed by atoms with Crippen LogP contribution in [-0.4, -0.2) is 46.0 Å². The molecule has 5 heteroatoms. The molecule has 1 aromatic carbocycles. The minimum Gasteiger partial charge on any atom is -0.478 e. The van der Waals surface area contributed by atoms with Gasteiger partial charge in [0.25, 0.3) is 5.91 Å². The molecule has 0 spiro atoms. The number of carboxylic acids is 1. The van der Waals surface area contributed by atoms with Crippen LogP contribution in [0.5, 0.6) is 0 Å². The molecule has 1 aliphatic heterocycles. The third-order valence-corrected chi connectivity index (χ3v) is 4.52. The van der Waals surface area contributed by atoms with E-state index < -0.39 is 5.97 Å². The van der Waals surface area contributed by atoms with Crippen LogP contribution in [0, 0.1) is 6.92 Å². The average molecular weight is 293 g/mol. The number of aryl methyl sites for hydroxylation is 1. The molecule has 2 rings (SSSR count). The number of carboxylic acid groups (broad SMARTS) is 1. The Hall–Kier alpha value is -1.49. The summed E-state index contributed by atoms with van der Waals surface area (Å²) in [4.78, 5) is 25.6. The first kappa shape index (κ1) is 14.9. The van der Waals surface area contributed by atoms with E-state index in [1.807, 2.05) is 23.6 Å². The van der Waals surface area contributed by atoms with Crippen molar-refractivity contribution in [2.24, 2.45) is 0 Å². The predicted molar refractivity (Wildman–Crippen MR) is 80.6 cm³/mol. The summed E-state index contributed by atoms with van der Waals surface area (Å²) in [6.07, 6.45) is 0.980. The second-order valence-electron chi connectivity index (χ2n) is 5.14. The van der Waals surface area contributed by atoms with Crippen LogP contribution in [0.2, 0.25) is 0 Å². The number of aromatic carboxylic acids is 1. The molecule has 1 saturated heterocycles. The molecule has 0 aromatic heterocycles. The number of rotatable bonds is 2. The zero-order valence-electron chi connectivity index (χ0n) is 11.8. The zero-order chi connectivity index (χ0) is 14.7. The smallest absolute Gasteiger partial charge is 0.335 e. The number of amides is 1. The lowest BCUT2D eigenvalue weighted by Crippen LogP contribution is -2.39. The maximum atomic E-state index is 12.6. The molecule has 1 amide bonds. The Morgan fingerprint density at radius 1 is 1.25 bits per heavy atom. The topological polar surface area (TPSA) is 57.6 Å². The van der Waals surface area contributed by atoms with Gasteiger partial charge in [0, 0.05) is 23.9 Å². The first-order chi connectivity index (χ1) is 9.49. The van der Waals surface area contributed by atoms with Crippen molar-refractivity contribution in [1.29, 1.82) is 0 Å². The van der Waals surface area contributed by atoms with Gasteiger partial charge in [-0.3, -0.25) is 4.79 Å². The van der Waals surface area contributed by atoms with Crippen LogP contribution >= 0.6 is 11.8 Å². The fraction of sp³-hybridized carbons (Fsp3) is 0.467. The van der Waals surface area contributed by atoms with Crippen LogP contribution in [-0.2, 0) is 0 Å². The Kier molecular flexibility index (Phi) is 4.70. The van der Waals surface area contributed by atoms with E-state index in [-0.39, 0.29) is 17.5 Å². The molecule has 4 nitrogen and oxygen atoms in total. The van der Waals surface area contributed by atoms with Gasteiger partial charge in [-0.1, -0.05) is 0 Å². The summed E-state index contributed by atoms with van der Waals surface area (Å²) in [6, 6.07) is 5.02. The van der Waals surface area contributed by atoms with Crippen LogP contribution < -0.4 is 0 Å². The number of hydrogen-bond acceptors (Lipinski definition) is 3. The molecule has 1 aliphatic rings. The van der Waals surface area contributed by atoms with E-state index in [1.165, 1.54) is 6.07 Å². The van der Waals surface area contributed by atoms with E-state index in [4.69, 9.17) is 5.11 Å². The van der Waals surface area contributed by atoms with Crippen molar-refractivity contribution in [2.45, 2.75) is 26.3 Å². The summed E-state index contributed by atoms with van der Waals surface area (Å²) in [5, 5.41) is 9.09. The van der Waals surface area contributed by atoms with Crippen molar-refractivity contribution in [2.75, 3.05) is 18.1 Å². The van der Waals surface area contributed by atoms with Gasteiger partial charge in [0.1, 0.15) is 0 Å². The Labute approximate surface area is 123 Å². The predicted octanol–water partition coefficient (Wildman–Crippen LogP) is 2.66. The maximum absolute atomic E-state index is 12.6. The van der Waals surface area contributed by atoms with Crippen molar-refractivity contribution in [3.05, 3.63) is 34.9 Å². The summed E-state index contributed by atoms with van der Waals surface area (Å²) in [7, 11) is 0. The highest BCUT2D eigenvalue weighted by Crippen LogP contribution is 2.20. The van der Waals surface area contributed by atoms with Gasteiger partial charge in [0.15, 0.2) is 0 Å². The molecule has 1 fully saturated rings. The zero-order valence-corrected chi connectivity index (χ0v) is 12.6. The molecule has 1 N–H and O–H groups in total. The molecular weight excluding hydrogens is 274 g/mol. The number of carbonyl (C=O) groups excluding carboxylic acids is 1. The van der Waals surface area contributed by atoms with Crippen molar-refractivity contribution in [3.63, 3.8) is 0 Å². The monoisotopic (exact) mass is 293 g/mol. The van der Waals surface area contributed by atoms with Gasteiger partial charge in [-0.2, -0.15) is 11.8 Å². The Balaban J connectivity index is 2.30. The van der Waals surface area contributed by atoms with Crippen LogP contribution in [0.1, 0.15) is 39.6 Å². The second-order valence-corrected chi connectivity index (χ2v) is 6.37. The molecule has 108 valence electrons. The molecular formula is C15H19NO3S. The Morgan fingerprint density at radius 2 is 1.95 bits per heavy atom.